The molecule has 2 aliphatic heterocycles. The second kappa shape index (κ2) is 10.8. The number of amides is 2. The fraction of sp³-hybridized carbons (Fsp3) is 0.448. The van der Waals surface area contributed by atoms with Gasteiger partial charge in [-0.3, -0.25) is 9.59 Å². The van der Waals surface area contributed by atoms with E-state index in [2.05, 4.69) is 17.1 Å². The predicted octanol–water partition coefficient (Wildman–Crippen LogP) is 4.66. The standard InChI is InChI=1S/C29H34FN3O3/c1-32(28(34)22-11-15-36-16-12-22)27(17-20-5-3-2-4-6-20)21-9-13-33(14-10-21)29(35)26-19-23-18-24(30)7-8-25(23)31-26/h2-8,18-19,21-22,27,31H,9-17H2,1H3/t27-/m0/s1. The van der Waals surface area contributed by atoms with Crippen LogP contribution >= 0.6 is 0 Å². The van der Waals surface area contributed by atoms with Crippen LogP contribution in [0.1, 0.15) is 41.7 Å². The van der Waals surface area contributed by atoms with Gasteiger partial charge >= 0.3 is 0 Å². The number of hydrogen-bond donors (Lipinski definition) is 1. The Morgan fingerprint density at radius 2 is 1.78 bits per heavy atom. The summed E-state index contributed by atoms with van der Waals surface area (Å²) in [5.41, 5.74) is 2.46. The van der Waals surface area contributed by atoms with E-state index in [0.717, 1.165) is 37.6 Å². The molecule has 2 saturated heterocycles. The highest BCUT2D eigenvalue weighted by molar-refractivity contribution is 5.98. The first-order valence-corrected chi connectivity index (χ1v) is 13.0. The lowest BCUT2D eigenvalue weighted by Gasteiger charge is -2.41. The summed E-state index contributed by atoms with van der Waals surface area (Å²) in [5, 5.41) is 0.699. The van der Waals surface area contributed by atoms with Crippen LogP contribution < -0.4 is 0 Å². The maximum absolute atomic E-state index is 13.6. The summed E-state index contributed by atoms with van der Waals surface area (Å²) < 4.78 is 19.0. The predicted molar refractivity (Wildman–Crippen MR) is 137 cm³/mol. The number of fused-ring (bicyclic) bond motifs is 1. The number of nitrogens with one attached hydrogen (secondary N) is 1. The van der Waals surface area contributed by atoms with Crippen molar-refractivity contribution in [3.05, 3.63) is 71.7 Å². The Morgan fingerprint density at radius 1 is 1.06 bits per heavy atom. The molecular weight excluding hydrogens is 457 g/mol. The van der Waals surface area contributed by atoms with Gasteiger partial charge in [0, 0.05) is 56.2 Å². The smallest absolute Gasteiger partial charge is 0.270 e. The van der Waals surface area contributed by atoms with Crippen LogP contribution in [-0.4, -0.2) is 66.0 Å². The molecular formula is C29H34FN3O3. The number of aromatic amines is 1. The Hall–Kier alpha value is -3.19. The van der Waals surface area contributed by atoms with E-state index in [0.29, 0.717) is 43.3 Å². The fourth-order valence-electron chi connectivity index (χ4n) is 5.75. The number of H-pyrrole nitrogens is 1. The van der Waals surface area contributed by atoms with E-state index in [1.54, 1.807) is 12.1 Å². The molecule has 6 nitrogen and oxygen atoms in total. The van der Waals surface area contributed by atoms with Crippen LogP contribution in [0.15, 0.2) is 54.6 Å². The third-order valence-corrected chi connectivity index (χ3v) is 7.89. The van der Waals surface area contributed by atoms with E-state index in [9.17, 15) is 14.0 Å². The summed E-state index contributed by atoms with van der Waals surface area (Å²) in [6, 6.07) is 16.6. The van der Waals surface area contributed by atoms with Crippen molar-refractivity contribution in [3.63, 3.8) is 0 Å². The molecule has 0 spiro atoms. The van der Waals surface area contributed by atoms with Gasteiger partial charge in [-0.25, -0.2) is 4.39 Å². The summed E-state index contributed by atoms with van der Waals surface area (Å²) in [4.78, 5) is 33.6. The molecule has 1 N–H and O–H groups in total. The van der Waals surface area contributed by atoms with Crippen molar-refractivity contribution in [2.75, 3.05) is 33.4 Å². The second-order valence-electron chi connectivity index (χ2n) is 10.1. The number of benzene rings is 2. The Kier molecular flexibility index (Phi) is 7.37. The van der Waals surface area contributed by atoms with Crippen LogP contribution in [-0.2, 0) is 16.0 Å². The maximum Gasteiger partial charge on any atom is 0.270 e. The molecule has 3 heterocycles. The minimum absolute atomic E-state index is 0.0236. The molecule has 0 radical (unpaired) electrons. The molecule has 1 aromatic heterocycles. The van der Waals surface area contributed by atoms with Gasteiger partial charge in [0.1, 0.15) is 11.5 Å². The summed E-state index contributed by atoms with van der Waals surface area (Å²) in [6.45, 7) is 2.57. The zero-order valence-corrected chi connectivity index (χ0v) is 20.8. The Balaban J connectivity index is 1.28. The Labute approximate surface area is 211 Å². The third kappa shape index (κ3) is 5.31. The van der Waals surface area contributed by atoms with Crippen LogP contribution in [0.2, 0.25) is 0 Å². The molecule has 2 aromatic carbocycles. The quantitative estimate of drug-likeness (QED) is 0.546. The molecule has 0 unspecified atom stereocenters. The van der Waals surface area contributed by atoms with Crippen molar-refractivity contribution in [1.29, 1.82) is 0 Å². The molecule has 36 heavy (non-hydrogen) atoms. The SMILES string of the molecule is CN(C(=O)C1CCOCC1)[C@@H](Cc1ccccc1)C1CCN(C(=O)c2cc3cc(F)ccc3[nH]2)CC1. The highest BCUT2D eigenvalue weighted by Crippen LogP contribution is 2.29. The van der Waals surface area contributed by atoms with Gasteiger partial charge in [-0.15, -0.1) is 0 Å². The van der Waals surface area contributed by atoms with Gasteiger partial charge in [-0.05, 0) is 67.9 Å². The van der Waals surface area contributed by atoms with Gasteiger partial charge in [0.25, 0.3) is 5.91 Å². The number of likely N-dealkylation sites (tertiary alicyclic amines) is 1. The highest BCUT2D eigenvalue weighted by atomic mass is 19.1. The number of carbonyl (C=O) groups is 2. The van der Waals surface area contributed by atoms with E-state index in [1.807, 2.05) is 35.0 Å². The number of nitrogens with zero attached hydrogens (tertiary/aromatic N) is 2. The fourth-order valence-corrected chi connectivity index (χ4v) is 5.75. The minimum atomic E-state index is -0.315. The average molecular weight is 492 g/mol. The molecule has 0 bridgehead atoms. The molecule has 1 atom stereocenters. The monoisotopic (exact) mass is 491 g/mol. The summed E-state index contributed by atoms with van der Waals surface area (Å²) in [6.07, 6.45) is 4.04. The summed E-state index contributed by atoms with van der Waals surface area (Å²) in [7, 11) is 1.95. The van der Waals surface area contributed by atoms with Crippen molar-refractivity contribution in [2.24, 2.45) is 11.8 Å². The summed E-state index contributed by atoms with van der Waals surface area (Å²) >= 11 is 0. The van der Waals surface area contributed by atoms with Gasteiger partial charge in [0.05, 0.1) is 0 Å². The number of halogens is 1. The van der Waals surface area contributed by atoms with E-state index in [1.165, 1.54) is 17.7 Å². The number of rotatable bonds is 6. The second-order valence-corrected chi connectivity index (χ2v) is 10.1. The number of likely N-dealkylation sites (N-methyl/N-ethyl adjacent to an activating group) is 1. The van der Waals surface area contributed by atoms with Gasteiger partial charge in [-0.2, -0.15) is 0 Å². The average Bonchev–Trinajstić information content (AvgIpc) is 3.35. The van der Waals surface area contributed by atoms with Crippen LogP contribution in [0.5, 0.6) is 0 Å². The molecule has 2 aliphatic rings. The number of hydrogen-bond acceptors (Lipinski definition) is 3. The minimum Gasteiger partial charge on any atom is -0.381 e. The summed E-state index contributed by atoms with van der Waals surface area (Å²) in [5.74, 6) is 0.167. The van der Waals surface area contributed by atoms with Gasteiger partial charge in [0.2, 0.25) is 5.91 Å². The van der Waals surface area contributed by atoms with Crippen molar-refractivity contribution < 1.29 is 18.7 Å². The lowest BCUT2D eigenvalue weighted by atomic mass is 9.84. The highest BCUT2D eigenvalue weighted by Gasteiger charge is 2.35. The zero-order chi connectivity index (χ0) is 25.1. The molecule has 5 rings (SSSR count). The van der Waals surface area contributed by atoms with Crippen molar-refractivity contribution >= 4 is 22.7 Å². The van der Waals surface area contributed by atoms with Crippen molar-refractivity contribution in [1.82, 2.24) is 14.8 Å². The molecule has 3 aromatic rings. The normalized spacial score (nSPS) is 18.3. The molecule has 7 heteroatoms. The van der Waals surface area contributed by atoms with Gasteiger partial charge < -0.3 is 19.5 Å². The Bertz CT molecular complexity index is 1200. The number of carbonyl (C=O) groups excluding carboxylic acids is 2. The molecule has 0 aliphatic carbocycles. The molecule has 190 valence electrons. The van der Waals surface area contributed by atoms with E-state index >= 15 is 0 Å². The zero-order valence-electron chi connectivity index (χ0n) is 20.8. The first-order chi connectivity index (χ1) is 17.5. The lowest BCUT2D eigenvalue weighted by Crippen LogP contribution is -2.50. The van der Waals surface area contributed by atoms with Crippen LogP contribution in [0.25, 0.3) is 10.9 Å². The van der Waals surface area contributed by atoms with E-state index in [-0.39, 0.29) is 29.6 Å². The first kappa shape index (κ1) is 24.5. The van der Waals surface area contributed by atoms with Crippen molar-refractivity contribution in [2.45, 2.75) is 38.1 Å². The molecule has 2 amide bonds. The van der Waals surface area contributed by atoms with Crippen molar-refractivity contribution in [3.8, 4) is 0 Å². The molecule has 0 saturated carbocycles. The first-order valence-electron chi connectivity index (χ1n) is 13.0. The topological polar surface area (TPSA) is 65.6 Å². The number of piperidine rings is 1. The van der Waals surface area contributed by atoms with Crippen LogP contribution in [0, 0.1) is 17.7 Å². The number of ether oxygens (including phenoxy) is 1. The van der Waals surface area contributed by atoms with Gasteiger partial charge in [0.15, 0.2) is 0 Å². The van der Waals surface area contributed by atoms with Crippen LogP contribution in [0.3, 0.4) is 0 Å². The third-order valence-electron chi connectivity index (χ3n) is 7.89. The molecule has 2 fully saturated rings. The van der Waals surface area contributed by atoms with E-state index < -0.39 is 0 Å². The number of aromatic nitrogens is 1. The van der Waals surface area contributed by atoms with Crippen LogP contribution in [0.4, 0.5) is 4.39 Å². The largest absolute Gasteiger partial charge is 0.381 e. The maximum atomic E-state index is 13.6. The Morgan fingerprint density at radius 3 is 2.50 bits per heavy atom. The van der Waals surface area contributed by atoms with Gasteiger partial charge in [-0.1, -0.05) is 30.3 Å². The lowest BCUT2D eigenvalue weighted by molar-refractivity contribution is -0.140. The van der Waals surface area contributed by atoms with E-state index in [4.69, 9.17) is 4.74 Å².